The van der Waals surface area contributed by atoms with Crippen LogP contribution in [-0.2, 0) is 51.3 Å². The first-order valence-electron chi connectivity index (χ1n) is 13.1. The molecule has 6 heteroatoms. The van der Waals surface area contributed by atoms with E-state index in [-0.39, 0.29) is 23.6 Å². The highest BCUT2D eigenvalue weighted by molar-refractivity contribution is 6.37. The lowest BCUT2D eigenvalue weighted by Gasteiger charge is -2.19. The maximum Gasteiger partial charge on any atom is 0.259 e. The maximum atomic E-state index is 12.6. The predicted octanol–water partition coefficient (Wildman–Crippen LogP) is 4.39. The van der Waals surface area contributed by atoms with E-state index in [1.807, 2.05) is 0 Å². The number of carbonyl (C=O) groups excluding carboxylic acids is 4. The van der Waals surface area contributed by atoms with Crippen LogP contribution in [0.1, 0.15) is 86.1 Å². The summed E-state index contributed by atoms with van der Waals surface area (Å²) in [4.78, 5) is 49.5. The molecule has 4 amide bonds. The lowest BCUT2D eigenvalue weighted by Crippen LogP contribution is -2.23. The summed E-state index contributed by atoms with van der Waals surface area (Å²) < 4.78 is 0. The summed E-state index contributed by atoms with van der Waals surface area (Å²) in [6.45, 7) is 11.7. The van der Waals surface area contributed by atoms with E-state index >= 15 is 0 Å². The summed E-state index contributed by atoms with van der Waals surface area (Å²) in [5.41, 5.74) is 10.2. The molecule has 6 nitrogen and oxygen atoms in total. The van der Waals surface area contributed by atoms with Crippen molar-refractivity contribution < 1.29 is 19.2 Å². The number of rotatable bonds is 8. The third kappa shape index (κ3) is 4.57. The molecule has 2 aliphatic rings. The first-order chi connectivity index (χ1) is 17.6. The third-order valence-electron chi connectivity index (χ3n) is 7.49. The van der Waals surface area contributed by atoms with Gasteiger partial charge in [0.15, 0.2) is 0 Å². The van der Waals surface area contributed by atoms with Gasteiger partial charge >= 0.3 is 0 Å². The van der Waals surface area contributed by atoms with Crippen molar-refractivity contribution >= 4 is 34.8 Å². The van der Waals surface area contributed by atoms with Gasteiger partial charge in [0.2, 0.25) is 0 Å². The van der Waals surface area contributed by atoms with Crippen molar-refractivity contribution in [3.05, 3.63) is 79.9 Å². The Hall–Kier alpha value is -3.80. The Labute approximate surface area is 218 Å². The van der Waals surface area contributed by atoms with E-state index in [0.717, 1.165) is 70.2 Å². The summed E-state index contributed by atoms with van der Waals surface area (Å²) in [5.74, 6) is -1.30. The van der Waals surface area contributed by atoms with Crippen LogP contribution in [-0.4, -0.2) is 23.6 Å². The fourth-order valence-electron chi connectivity index (χ4n) is 5.57. The van der Waals surface area contributed by atoms with E-state index in [4.69, 9.17) is 0 Å². The van der Waals surface area contributed by atoms with Crippen LogP contribution in [0.5, 0.6) is 0 Å². The summed E-state index contributed by atoms with van der Waals surface area (Å²) in [5, 5.41) is 4.86. The number of hydrogen-bond donors (Lipinski definition) is 2. The summed E-state index contributed by atoms with van der Waals surface area (Å²) in [6.07, 6.45) is 3.66. The van der Waals surface area contributed by atoms with Gasteiger partial charge in [0.05, 0.1) is 11.1 Å². The molecule has 37 heavy (non-hydrogen) atoms. The molecule has 0 radical (unpaired) electrons. The first-order valence-corrected chi connectivity index (χ1v) is 13.1. The molecule has 0 atom stereocenters. The Bertz CT molecular complexity index is 1270. The van der Waals surface area contributed by atoms with Crippen molar-refractivity contribution in [1.82, 2.24) is 10.6 Å². The number of aryl methyl sites for hydroxylation is 4. The quantitative estimate of drug-likeness (QED) is 0.528. The second-order valence-electron chi connectivity index (χ2n) is 9.74. The van der Waals surface area contributed by atoms with Crippen molar-refractivity contribution in [1.29, 1.82) is 0 Å². The zero-order chi connectivity index (χ0) is 27.0. The van der Waals surface area contributed by atoms with Gasteiger partial charge in [-0.3, -0.25) is 29.8 Å². The normalized spacial score (nSPS) is 15.7. The van der Waals surface area contributed by atoms with E-state index in [0.29, 0.717) is 28.7 Å². The highest BCUT2D eigenvalue weighted by Gasteiger charge is 2.32. The van der Waals surface area contributed by atoms with Gasteiger partial charge in [-0.25, -0.2) is 0 Å². The minimum atomic E-state index is -0.325. The standard InChI is InChI=1S/C31H34N2O4/c1-7-20-12-18(13-21(8-2)26(20)24-16(5)28(34)32-30(24)36)11-19-14-22(9-3)27(23(10-4)15-19)25-17(6)29(35)33-31(25)37/h12-15H,7-11H2,1-6H3,(H,32,34,36)(H,33,35,37). The van der Waals surface area contributed by atoms with Crippen LogP contribution in [0.2, 0.25) is 0 Å². The number of benzene rings is 2. The molecular weight excluding hydrogens is 464 g/mol. The first kappa shape index (κ1) is 26.3. The second kappa shape index (κ2) is 10.3. The minimum absolute atomic E-state index is 0.324. The Morgan fingerprint density at radius 1 is 0.514 bits per heavy atom. The molecule has 0 saturated carbocycles. The van der Waals surface area contributed by atoms with Crippen LogP contribution in [0.4, 0.5) is 0 Å². The van der Waals surface area contributed by atoms with Crippen molar-refractivity contribution in [2.45, 2.75) is 73.6 Å². The van der Waals surface area contributed by atoms with E-state index in [1.165, 1.54) is 0 Å². The molecule has 4 rings (SSSR count). The van der Waals surface area contributed by atoms with Gasteiger partial charge in [-0.2, -0.15) is 0 Å². The van der Waals surface area contributed by atoms with E-state index in [9.17, 15) is 19.2 Å². The lowest BCUT2D eigenvalue weighted by molar-refractivity contribution is -0.125. The molecule has 2 aromatic rings. The van der Waals surface area contributed by atoms with Gasteiger partial charge in [0.25, 0.3) is 23.6 Å². The number of nitrogens with one attached hydrogen (secondary N) is 2. The molecule has 0 bridgehead atoms. The number of carbonyl (C=O) groups is 4. The van der Waals surface area contributed by atoms with Gasteiger partial charge in [-0.15, -0.1) is 0 Å². The van der Waals surface area contributed by atoms with Crippen molar-refractivity contribution in [3.63, 3.8) is 0 Å². The Morgan fingerprint density at radius 2 is 0.811 bits per heavy atom. The van der Waals surface area contributed by atoms with Gasteiger partial charge < -0.3 is 0 Å². The van der Waals surface area contributed by atoms with Crippen LogP contribution in [0, 0.1) is 0 Å². The average Bonchev–Trinajstić information content (AvgIpc) is 3.28. The molecule has 0 spiro atoms. The van der Waals surface area contributed by atoms with E-state index in [2.05, 4.69) is 62.6 Å². The van der Waals surface area contributed by atoms with Crippen LogP contribution in [0.25, 0.3) is 11.1 Å². The highest BCUT2D eigenvalue weighted by atomic mass is 16.2. The van der Waals surface area contributed by atoms with Crippen molar-refractivity contribution in [3.8, 4) is 0 Å². The molecule has 0 aromatic heterocycles. The van der Waals surface area contributed by atoms with E-state index < -0.39 is 0 Å². The van der Waals surface area contributed by atoms with Crippen molar-refractivity contribution in [2.75, 3.05) is 0 Å². The van der Waals surface area contributed by atoms with Gasteiger partial charge in [0.1, 0.15) is 0 Å². The average molecular weight is 499 g/mol. The van der Waals surface area contributed by atoms with Gasteiger partial charge in [-0.05, 0) is 90.5 Å². The van der Waals surface area contributed by atoms with Crippen molar-refractivity contribution in [2.24, 2.45) is 0 Å². The smallest absolute Gasteiger partial charge is 0.259 e. The minimum Gasteiger partial charge on any atom is -0.288 e. The van der Waals surface area contributed by atoms with Crippen LogP contribution < -0.4 is 10.6 Å². The largest absolute Gasteiger partial charge is 0.288 e. The Kier molecular flexibility index (Phi) is 7.30. The lowest BCUT2D eigenvalue weighted by atomic mass is 9.85. The maximum absolute atomic E-state index is 12.6. The highest BCUT2D eigenvalue weighted by Crippen LogP contribution is 2.34. The molecule has 2 aliphatic heterocycles. The van der Waals surface area contributed by atoms with E-state index in [1.54, 1.807) is 13.8 Å². The van der Waals surface area contributed by atoms with Gasteiger partial charge in [-0.1, -0.05) is 52.0 Å². The monoisotopic (exact) mass is 498 g/mol. The second-order valence-corrected chi connectivity index (χ2v) is 9.74. The number of amides is 4. The fraction of sp³-hybridized carbons (Fsp3) is 0.355. The molecule has 192 valence electrons. The molecule has 0 aliphatic carbocycles. The Balaban J connectivity index is 1.81. The molecule has 2 N–H and O–H groups in total. The summed E-state index contributed by atoms with van der Waals surface area (Å²) >= 11 is 0. The molecule has 2 heterocycles. The molecule has 0 fully saturated rings. The SMILES string of the molecule is CCc1cc(Cc2cc(CC)c(C3=C(C)C(=O)NC3=O)c(CC)c2)cc(CC)c1C1=C(C)C(=O)NC1=O. The molecule has 2 aromatic carbocycles. The molecular formula is C31H34N2O4. The van der Waals surface area contributed by atoms with Crippen LogP contribution >= 0.6 is 0 Å². The van der Waals surface area contributed by atoms with Crippen LogP contribution in [0.15, 0.2) is 35.4 Å². The topological polar surface area (TPSA) is 92.3 Å². The van der Waals surface area contributed by atoms with Gasteiger partial charge in [0, 0.05) is 11.1 Å². The predicted molar refractivity (Wildman–Crippen MR) is 145 cm³/mol. The zero-order valence-corrected chi connectivity index (χ0v) is 22.5. The Morgan fingerprint density at radius 3 is 1.03 bits per heavy atom. The molecule has 0 unspecified atom stereocenters. The number of hydrogen-bond acceptors (Lipinski definition) is 4. The summed E-state index contributed by atoms with van der Waals surface area (Å²) in [7, 11) is 0. The third-order valence-corrected chi connectivity index (χ3v) is 7.49. The molecule has 0 saturated heterocycles. The fourth-order valence-corrected chi connectivity index (χ4v) is 5.57. The summed E-state index contributed by atoms with van der Waals surface area (Å²) in [6, 6.07) is 8.58. The number of imide groups is 2. The van der Waals surface area contributed by atoms with Crippen LogP contribution in [0.3, 0.4) is 0 Å². The zero-order valence-electron chi connectivity index (χ0n) is 22.5.